The van der Waals surface area contributed by atoms with Gasteiger partial charge >= 0.3 is 0 Å². The van der Waals surface area contributed by atoms with Crippen LogP contribution >= 0.6 is 0 Å². The topological polar surface area (TPSA) is 89.6 Å². The SMILES string of the molecule is CO[C@H]1[CH]O[C@H](CO)[C@H](O)[C@@H]1n1cc(-c2ccccc2)nn1. The van der Waals surface area contributed by atoms with Gasteiger partial charge in [-0.3, -0.25) is 0 Å². The summed E-state index contributed by atoms with van der Waals surface area (Å²) in [6, 6.07) is 9.13. The second kappa shape index (κ2) is 6.53. The molecule has 1 aliphatic heterocycles. The third kappa shape index (κ3) is 2.76. The Bertz CT molecular complexity index is 604. The molecule has 3 rings (SSSR count). The highest BCUT2D eigenvalue weighted by molar-refractivity contribution is 5.57. The van der Waals surface area contributed by atoms with Crippen LogP contribution < -0.4 is 0 Å². The molecule has 2 heterocycles. The number of hydrogen-bond acceptors (Lipinski definition) is 6. The van der Waals surface area contributed by atoms with Crippen molar-refractivity contribution in [1.29, 1.82) is 0 Å². The van der Waals surface area contributed by atoms with Crippen molar-refractivity contribution in [2.24, 2.45) is 0 Å². The summed E-state index contributed by atoms with van der Waals surface area (Å²) in [5.74, 6) is 0. The maximum absolute atomic E-state index is 10.4. The van der Waals surface area contributed by atoms with Crippen LogP contribution in [0.15, 0.2) is 36.5 Å². The molecule has 0 bridgehead atoms. The quantitative estimate of drug-likeness (QED) is 0.850. The van der Waals surface area contributed by atoms with Gasteiger partial charge in [0.25, 0.3) is 0 Å². The third-order valence-electron chi connectivity index (χ3n) is 3.79. The number of ether oxygens (including phenoxy) is 2. The molecule has 1 aliphatic rings. The summed E-state index contributed by atoms with van der Waals surface area (Å²) in [5.41, 5.74) is 1.64. The average Bonchev–Trinajstić information content (AvgIpc) is 3.04. The summed E-state index contributed by atoms with van der Waals surface area (Å²) >= 11 is 0. The minimum Gasteiger partial charge on any atom is -0.394 e. The number of aliphatic hydroxyl groups is 2. The first-order valence-corrected chi connectivity index (χ1v) is 7.02. The van der Waals surface area contributed by atoms with Crippen molar-refractivity contribution in [1.82, 2.24) is 15.0 Å². The molecule has 0 spiro atoms. The van der Waals surface area contributed by atoms with Gasteiger partial charge in [0, 0.05) is 12.7 Å². The first kappa shape index (κ1) is 15.1. The molecule has 1 fully saturated rings. The Morgan fingerprint density at radius 2 is 2.09 bits per heavy atom. The molecule has 117 valence electrons. The molecule has 7 heteroatoms. The third-order valence-corrected chi connectivity index (χ3v) is 3.79. The number of hydrogen-bond donors (Lipinski definition) is 2. The Balaban J connectivity index is 1.89. The first-order valence-electron chi connectivity index (χ1n) is 7.02. The van der Waals surface area contributed by atoms with Crippen LogP contribution in [0.4, 0.5) is 0 Å². The molecule has 0 aliphatic carbocycles. The van der Waals surface area contributed by atoms with Crippen LogP contribution in [0.5, 0.6) is 0 Å². The van der Waals surface area contributed by atoms with E-state index in [9.17, 15) is 10.2 Å². The lowest BCUT2D eigenvalue weighted by Gasteiger charge is -2.38. The van der Waals surface area contributed by atoms with E-state index in [1.54, 1.807) is 10.9 Å². The summed E-state index contributed by atoms with van der Waals surface area (Å²) < 4.78 is 12.2. The van der Waals surface area contributed by atoms with E-state index in [0.717, 1.165) is 5.56 Å². The van der Waals surface area contributed by atoms with Crippen LogP contribution in [0, 0.1) is 6.61 Å². The molecule has 1 radical (unpaired) electrons. The van der Waals surface area contributed by atoms with Crippen molar-refractivity contribution < 1.29 is 19.7 Å². The number of aliphatic hydroxyl groups excluding tert-OH is 2. The molecule has 4 atom stereocenters. The highest BCUT2D eigenvalue weighted by Crippen LogP contribution is 2.30. The van der Waals surface area contributed by atoms with E-state index >= 15 is 0 Å². The predicted octanol–water partition coefficient (Wildman–Crippen LogP) is 0.415. The van der Waals surface area contributed by atoms with Gasteiger partial charge in [0.1, 0.15) is 36.7 Å². The van der Waals surface area contributed by atoms with Crippen LogP contribution in [0.25, 0.3) is 11.3 Å². The molecule has 0 saturated carbocycles. The largest absolute Gasteiger partial charge is 0.394 e. The van der Waals surface area contributed by atoms with Gasteiger partial charge in [0.2, 0.25) is 0 Å². The molecule has 0 amide bonds. The van der Waals surface area contributed by atoms with E-state index in [1.165, 1.54) is 13.7 Å². The highest BCUT2D eigenvalue weighted by atomic mass is 16.6. The Labute approximate surface area is 128 Å². The van der Waals surface area contributed by atoms with Crippen molar-refractivity contribution >= 4 is 0 Å². The van der Waals surface area contributed by atoms with E-state index in [-0.39, 0.29) is 6.61 Å². The zero-order valence-corrected chi connectivity index (χ0v) is 12.1. The molecule has 1 saturated heterocycles. The molecule has 1 aromatic heterocycles. The fraction of sp³-hybridized carbons (Fsp3) is 0.400. The van der Waals surface area contributed by atoms with Crippen molar-refractivity contribution in [3.8, 4) is 11.3 Å². The molecule has 1 aromatic carbocycles. The summed E-state index contributed by atoms with van der Waals surface area (Å²) in [7, 11) is 1.53. The van der Waals surface area contributed by atoms with Gasteiger partial charge in [-0.1, -0.05) is 35.5 Å². The average molecular weight is 304 g/mol. The van der Waals surface area contributed by atoms with E-state index in [0.29, 0.717) is 5.69 Å². The van der Waals surface area contributed by atoms with Gasteiger partial charge in [0.15, 0.2) is 0 Å². The molecule has 2 N–H and O–H groups in total. The Kier molecular flexibility index (Phi) is 4.49. The molecule has 0 unspecified atom stereocenters. The van der Waals surface area contributed by atoms with Gasteiger partial charge in [0.05, 0.1) is 12.8 Å². The fourth-order valence-corrected chi connectivity index (χ4v) is 2.57. The van der Waals surface area contributed by atoms with Crippen molar-refractivity contribution in [2.45, 2.75) is 24.4 Å². The number of nitrogens with zero attached hydrogens (tertiary/aromatic N) is 3. The molecular formula is C15H18N3O4. The van der Waals surface area contributed by atoms with Gasteiger partial charge in [-0.15, -0.1) is 5.10 Å². The minimum atomic E-state index is -0.953. The first-order chi connectivity index (χ1) is 10.7. The number of aromatic nitrogens is 3. The second-order valence-corrected chi connectivity index (χ2v) is 5.12. The fourth-order valence-electron chi connectivity index (χ4n) is 2.57. The van der Waals surface area contributed by atoms with Crippen LogP contribution in [-0.4, -0.2) is 57.2 Å². The van der Waals surface area contributed by atoms with Gasteiger partial charge < -0.3 is 19.7 Å². The Hall–Kier alpha value is -1.80. The van der Waals surface area contributed by atoms with E-state index in [1.807, 2.05) is 30.3 Å². The van der Waals surface area contributed by atoms with Crippen molar-refractivity contribution in [3.05, 3.63) is 43.1 Å². The normalized spacial score (nSPS) is 28.7. The zero-order chi connectivity index (χ0) is 15.5. The molecule has 7 nitrogen and oxygen atoms in total. The summed E-state index contributed by atoms with van der Waals surface area (Å²) in [5, 5.41) is 27.9. The minimum absolute atomic E-state index is 0.287. The number of benzene rings is 1. The van der Waals surface area contributed by atoms with Crippen LogP contribution in [0.2, 0.25) is 0 Å². The van der Waals surface area contributed by atoms with Crippen molar-refractivity contribution in [3.63, 3.8) is 0 Å². The van der Waals surface area contributed by atoms with Gasteiger partial charge in [-0.25, -0.2) is 4.68 Å². The van der Waals surface area contributed by atoms with E-state index < -0.39 is 24.4 Å². The molecular weight excluding hydrogens is 286 g/mol. The van der Waals surface area contributed by atoms with E-state index in [2.05, 4.69) is 10.3 Å². The smallest absolute Gasteiger partial charge is 0.115 e. The Morgan fingerprint density at radius 3 is 2.77 bits per heavy atom. The maximum Gasteiger partial charge on any atom is 0.115 e. The standard InChI is InChI=1S/C15H18N3O4/c1-21-13-9-22-12(8-19)15(20)14(13)18-7-11(16-17-18)10-5-3-2-4-6-10/h2-7,9,12-15,19-20H,8H2,1H3/t12-,13+,14-,15+/m1/s1. The predicted molar refractivity (Wildman–Crippen MR) is 77.6 cm³/mol. The lowest BCUT2D eigenvalue weighted by atomic mass is 9.97. The highest BCUT2D eigenvalue weighted by Gasteiger charge is 2.41. The summed E-state index contributed by atoms with van der Waals surface area (Å²) in [4.78, 5) is 0. The molecule has 2 aromatic rings. The Morgan fingerprint density at radius 1 is 1.32 bits per heavy atom. The number of rotatable bonds is 4. The van der Waals surface area contributed by atoms with Gasteiger partial charge in [-0.2, -0.15) is 0 Å². The summed E-state index contributed by atoms with van der Waals surface area (Å²) in [6.07, 6.45) is -0.391. The lowest BCUT2D eigenvalue weighted by molar-refractivity contribution is -0.145. The van der Waals surface area contributed by atoms with Crippen LogP contribution in [-0.2, 0) is 9.47 Å². The maximum atomic E-state index is 10.4. The zero-order valence-electron chi connectivity index (χ0n) is 12.1. The van der Waals surface area contributed by atoms with Crippen LogP contribution in [0.3, 0.4) is 0 Å². The monoisotopic (exact) mass is 304 g/mol. The summed E-state index contributed by atoms with van der Waals surface area (Å²) in [6.45, 7) is 1.19. The van der Waals surface area contributed by atoms with Gasteiger partial charge in [-0.05, 0) is 0 Å². The number of methoxy groups -OCH3 is 1. The second-order valence-electron chi connectivity index (χ2n) is 5.12. The molecule has 22 heavy (non-hydrogen) atoms. The van der Waals surface area contributed by atoms with Crippen molar-refractivity contribution in [2.75, 3.05) is 13.7 Å². The van der Waals surface area contributed by atoms with E-state index in [4.69, 9.17) is 9.47 Å². The lowest BCUT2D eigenvalue weighted by Crippen LogP contribution is -2.50. The van der Waals surface area contributed by atoms with Crippen LogP contribution in [0.1, 0.15) is 6.04 Å².